The molecule has 0 saturated carbocycles. The largest absolute Gasteiger partial charge is 0.399 e. The van der Waals surface area contributed by atoms with E-state index in [-0.39, 0.29) is 0 Å². The molecule has 0 bridgehead atoms. The fourth-order valence-corrected chi connectivity index (χ4v) is 2.55. The number of aromatic nitrogens is 2. The molecule has 0 atom stereocenters. The Morgan fingerprint density at radius 3 is 2.52 bits per heavy atom. The van der Waals surface area contributed by atoms with Crippen LogP contribution in [0.3, 0.4) is 0 Å². The molecule has 5 heteroatoms. The van der Waals surface area contributed by atoms with Crippen molar-refractivity contribution >= 4 is 16.7 Å². The molecule has 0 amide bonds. The molecule has 108 valence electrons. The SMILES string of the molecule is Cc1nc2cc(N)ccc2n1CCc1cc(F)cc(F)c1. The number of aryl methyl sites for hydroxylation is 3. The molecular formula is C16H15F2N3. The van der Waals surface area contributed by atoms with Crippen LogP contribution in [0, 0.1) is 18.6 Å². The van der Waals surface area contributed by atoms with Crippen LogP contribution in [0.15, 0.2) is 36.4 Å². The molecule has 3 aromatic rings. The zero-order valence-corrected chi connectivity index (χ0v) is 11.6. The van der Waals surface area contributed by atoms with Crippen molar-refractivity contribution in [2.24, 2.45) is 0 Å². The summed E-state index contributed by atoms with van der Waals surface area (Å²) in [5, 5.41) is 0. The highest BCUT2D eigenvalue weighted by atomic mass is 19.1. The van der Waals surface area contributed by atoms with Gasteiger partial charge in [0.25, 0.3) is 0 Å². The number of benzene rings is 2. The summed E-state index contributed by atoms with van der Waals surface area (Å²) in [4.78, 5) is 4.46. The summed E-state index contributed by atoms with van der Waals surface area (Å²) < 4.78 is 28.4. The lowest BCUT2D eigenvalue weighted by Gasteiger charge is -2.07. The van der Waals surface area contributed by atoms with Crippen molar-refractivity contribution in [3.05, 3.63) is 59.4 Å². The van der Waals surface area contributed by atoms with Crippen molar-refractivity contribution in [2.75, 3.05) is 5.73 Å². The van der Waals surface area contributed by atoms with Gasteiger partial charge in [-0.1, -0.05) is 0 Å². The Balaban J connectivity index is 1.89. The Kier molecular flexibility index (Phi) is 3.33. The van der Waals surface area contributed by atoms with Crippen molar-refractivity contribution in [3.8, 4) is 0 Å². The lowest BCUT2D eigenvalue weighted by Crippen LogP contribution is -2.04. The lowest BCUT2D eigenvalue weighted by molar-refractivity contribution is 0.576. The number of rotatable bonds is 3. The first kappa shape index (κ1) is 13.5. The number of halogens is 2. The summed E-state index contributed by atoms with van der Waals surface area (Å²) in [6.45, 7) is 2.51. The molecule has 0 saturated heterocycles. The fraction of sp³-hybridized carbons (Fsp3) is 0.188. The van der Waals surface area contributed by atoms with Gasteiger partial charge in [-0.3, -0.25) is 0 Å². The number of nitrogen functional groups attached to an aromatic ring is 1. The van der Waals surface area contributed by atoms with E-state index in [4.69, 9.17) is 5.73 Å². The Morgan fingerprint density at radius 2 is 1.81 bits per heavy atom. The van der Waals surface area contributed by atoms with Gasteiger partial charge in [-0.25, -0.2) is 13.8 Å². The standard InChI is InChI=1S/C16H15F2N3/c1-10-20-15-9-14(19)2-3-16(15)21(10)5-4-11-6-12(17)8-13(18)7-11/h2-3,6-9H,4-5,19H2,1H3. The second-order valence-corrected chi connectivity index (χ2v) is 5.09. The quantitative estimate of drug-likeness (QED) is 0.750. The van der Waals surface area contributed by atoms with Gasteiger partial charge in [0.05, 0.1) is 11.0 Å². The van der Waals surface area contributed by atoms with E-state index in [9.17, 15) is 8.78 Å². The van der Waals surface area contributed by atoms with Crippen LogP contribution in [0.5, 0.6) is 0 Å². The molecule has 0 unspecified atom stereocenters. The van der Waals surface area contributed by atoms with E-state index in [1.54, 1.807) is 0 Å². The summed E-state index contributed by atoms with van der Waals surface area (Å²) in [5.74, 6) is -0.248. The van der Waals surface area contributed by atoms with Gasteiger partial charge < -0.3 is 10.3 Å². The molecule has 1 heterocycles. The van der Waals surface area contributed by atoms with Gasteiger partial charge in [-0.15, -0.1) is 0 Å². The van der Waals surface area contributed by atoms with Crippen LogP contribution in [0.4, 0.5) is 14.5 Å². The third kappa shape index (κ3) is 2.72. The normalized spacial score (nSPS) is 11.2. The summed E-state index contributed by atoms with van der Waals surface area (Å²) in [7, 11) is 0. The van der Waals surface area contributed by atoms with E-state index in [0.717, 1.165) is 22.9 Å². The zero-order chi connectivity index (χ0) is 15.0. The highest BCUT2D eigenvalue weighted by Crippen LogP contribution is 2.19. The van der Waals surface area contributed by atoms with E-state index in [1.807, 2.05) is 29.7 Å². The van der Waals surface area contributed by atoms with E-state index < -0.39 is 11.6 Å². The molecule has 0 aliphatic heterocycles. The topological polar surface area (TPSA) is 43.8 Å². The number of nitrogens with two attached hydrogens (primary N) is 1. The Hall–Kier alpha value is -2.43. The van der Waals surface area contributed by atoms with Crippen LogP contribution in [-0.2, 0) is 13.0 Å². The average molecular weight is 287 g/mol. The maximum Gasteiger partial charge on any atom is 0.126 e. The highest BCUT2D eigenvalue weighted by Gasteiger charge is 2.08. The number of fused-ring (bicyclic) bond motifs is 1. The van der Waals surface area contributed by atoms with Gasteiger partial charge in [0, 0.05) is 18.3 Å². The number of anilines is 1. The number of hydrogen-bond acceptors (Lipinski definition) is 2. The van der Waals surface area contributed by atoms with E-state index in [0.29, 0.717) is 24.2 Å². The maximum absolute atomic E-state index is 13.2. The van der Waals surface area contributed by atoms with Crippen molar-refractivity contribution in [3.63, 3.8) is 0 Å². The van der Waals surface area contributed by atoms with Gasteiger partial charge in [0.1, 0.15) is 17.5 Å². The number of nitrogens with zero attached hydrogens (tertiary/aromatic N) is 2. The number of imidazole rings is 1. The minimum absolute atomic E-state index is 0.533. The van der Waals surface area contributed by atoms with Gasteiger partial charge in [-0.05, 0) is 49.2 Å². The predicted molar refractivity (Wildman–Crippen MR) is 78.9 cm³/mol. The Labute approximate surface area is 121 Å². The van der Waals surface area contributed by atoms with E-state index in [1.165, 1.54) is 12.1 Å². The van der Waals surface area contributed by atoms with Gasteiger partial charge >= 0.3 is 0 Å². The smallest absolute Gasteiger partial charge is 0.126 e. The molecule has 1 aromatic heterocycles. The van der Waals surface area contributed by atoms with Crippen molar-refractivity contribution < 1.29 is 8.78 Å². The second kappa shape index (κ2) is 5.16. The van der Waals surface area contributed by atoms with Crippen LogP contribution in [0.2, 0.25) is 0 Å². The van der Waals surface area contributed by atoms with Crippen LogP contribution in [-0.4, -0.2) is 9.55 Å². The van der Waals surface area contributed by atoms with E-state index >= 15 is 0 Å². The second-order valence-electron chi connectivity index (χ2n) is 5.09. The minimum atomic E-state index is -0.551. The Bertz CT molecular complexity index is 788. The maximum atomic E-state index is 13.2. The van der Waals surface area contributed by atoms with Crippen LogP contribution < -0.4 is 5.73 Å². The van der Waals surface area contributed by atoms with Gasteiger partial charge in [0.15, 0.2) is 0 Å². The number of hydrogen-bond donors (Lipinski definition) is 1. The summed E-state index contributed by atoms with van der Waals surface area (Å²) >= 11 is 0. The summed E-state index contributed by atoms with van der Waals surface area (Å²) in [5.41, 5.74) is 8.85. The first-order valence-corrected chi connectivity index (χ1v) is 6.70. The molecule has 0 aliphatic rings. The molecule has 3 nitrogen and oxygen atoms in total. The van der Waals surface area contributed by atoms with Gasteiger partial charge in [0.2, 0.25) is 0 Å². The van der Waals surface area contributed by atoms with Crippen molar-refractivity contribution in [1.29, 1.82) is 0 Å². The van der Waals surface area contributed by atoms with Gasteiger partial charge in [-0.2, -0.15) is 0 Å². The third-order valence-electron chi connectivity index (χ3n) is 3.51. The lowest BCUT2D eigenvalue weighted by atomic mass is 10.1. The first-order chi connectivity index (χ1) is 10.0. The highest BCUT2D eigenvalue weighted by molar-refractivity contribution is 5.79. The zero-order valence-electron chi connectivity index (χ0n) is 11.6. The van der Waals surface area contributed by atoms with Crippen LogP contribution in [0.1, 0.15) is 11.4 Å². The summed E-state index contributed by atoms with van der Waals surface area (Å²) in [6, 6.07) is 9.15. The minimum Gasteiger partial charge on any atom is -0.399 e. The predicted octanol–water partition coefficient (Wildman–Crippen LogP) is 3.45. The molecule has 0 radical (unpaired) electrons. The summed E-state index contributed by atoms with van der Waals surface area (Å²) in [6.07, 6.45) is 0.533. The molecule has 21 heavy (non-hydrogen) atoms. The molecule has 2 N–H and O–H groups in total. The van der Waals surface area contributed by atoms with E-state index in [2.05, 4.69) is 4.98 Å². The molecular weight excluding hydrogens is 272 g/mol. The van der Waals surface area contributed by atoms with Crippen molar-refractivity contribution in [1.82, 2.24) is 9.55 Å². The molecule has 3 rings (SSSR count). The van der Waals surface area contributed by atoms with Crippen LogP contribution >= 0.6 is 0 Å². The third-order valence-corrected chi connectivity index (χ3v) is 3.51. The van der Waals surface area contributed by atoms with Crippen LogP contribution in [0.25, 0.3) is 11.0 Å². The van der Waals surface area contributed by atoms with Crippen molar-refractivity contribution in [2.45, 2.75) is 19.9 Å². The molecule has 0 spiro atoms. The first-order valence-electron chi connectivity index (χ1n) is 6.70. The molecule has 2 aromatic carbocycles. The molecule has 0 fully saturated rings. The fourth-order valence-electron chi connectivity index (χ4n) is 2.55. The monoisotopic (exact) mass is 287 g/mol. The average Bonchev–Trinajstić information content (AvgIpc) is 2.70. The Morgan fingerprint density at radius 1 is 1.10 bits per heavy atom. The molecule has 0 aliphatic carbocycles.